The maximum atomic E-state index is 5.37. The Balaban J connectivity index is 1.77. The van der Waals surface area contributed by atoms with E-state index in [2.05, 4.69) is 34.0 Å². The zero-order chi connectivity index (χ0) is 17.9. The van der Waals surface area contributed by atoms with Crippen LogP contribution < -0.4 is 10.6 Å². The van der Waals surface area contributed by atoms with E-state index in [9.17, 15) is 0 Å². The minimum Gasteiger partial charge on any atom is -0.469 e. The number of guanidine groups is 1. The molecule has 0 unspecified atom stereocenters. The first-order valence-corrected chi connectivity index (χ1v) is 9.10. The molecule has 140 valence electrons. The first-order valence-electron chi connectivity index (χ1n) is 9.10. The van der Waals surface area contributed by atoms with Crippen molar-refractivity contribution in [1.29, 1.82) is 0 Å². The van der Waals surface area contributed by atoms with Crippen molar-refractivity contribution in [3.63, 3.8) is 0 Å². The van der Waals surface area contributed by atoms with Crippen molar-refractivity contribution in [2.75, 3.05) is 46.4 Å². The molecule has 0 radical (unpaired) electrons. The lowest BCUT2D eigenvalue weighted by molar-refractivity contribution is 0.207. The van der Waals surface area contributed by atoms with Crippen LogP contribution in [0.15, 0.2) is 40.0 Å². The summed E-state index contributed by atoms with van der Waals surface area (Å²) in [5.41, 5.74) is 1.23. The first kappa shape index (κ1) is 19.5. The quantitative estimate of drug-likeness (QED) is 0.309. The number of hydrogen-bond acceptors (Lipinski definition) is 4. The van der Waals surface area contributed by atoms with Gasteiger partial charge in [-0.3, -0.25) is 9.89 Å². The van der Waals surface area contributed by atoms with Gasteiger partial charge in [0.1, 0.15) is 5.76 Å². The van der Waals surface area contributed by atoms with Gasteiger partial charge in [0, 0.05) is 45.8 Å². The molecule has 0 aliphatic carbocycles. The van der Waals surface area contributed by atoms with Gasteiger partial charge in [0.2, 0.25) is 0 Å². The second-order valence-corrected chi connectivity index (χ2v) is 6.63. The zero-order valence-electron chi connectivity index (χ0n) is 15.6. The Bertz CT molecular complexity index is 520. The number of hydrogen-bond donors (Lipinski definition) is 2. The highest BCUT2D eigenvalue weighted by Gasteiger charge is 2.19. The van der Waals surface area contributed by atoms with Gasteiger partial charge in [0.15, 0.2) is 5.96 Å². The second kappa shape index (κ2) is 10.9. The number of rotatable bonds is 9. The molecule has 2 heterocycles. The molecule has 1 fully saturated rings. The zero-order valence-corrected chi connectivity index (χ0v) is 15.6. The third-order valence-electron chi connectivity index (χ3n) is 4.23. The Labute approximate surface area is 151 Å². The van der Waals surface area contributed by atoms with E-state index in [1.54, 1.807) is 13.4 Å². The monoisotopic (exact) mass is 348 g/mol. The van der Waals surface area contributed by atoms with Crippen LogP contribution in [0.5, 0.6) is 0 Å². The van der Waals surface area contributed by atoms with Crippen molar-refractivity contribution in [3.8, 4) is 0 Å². The average Bonchev–Trinajstić information content (AvgIpc) is 3.09. The summed E-state index contributed by atoms with van der Waals surface area (Å²) in [7, 11) is 1.70. The van der Waals surface area contributed by atoms with Gasteiger partial charge in [0.05, 0.1) is 19.4 Å². The molecule has 1 aromatic rings. The number of likely N-dealkylation sites (tertiary alicyclic amines) is 1. The molecular weight excluding hydrogens is 316 g/mol. The summed E-state index contributed by atoms with van der Waals surface area (Å²) in [4.78, 5) is 7.07. The molecule has 1 aromatic heterocycles. The number of nitrogens with zero attached hydrogens (tertiary/aromatic N) is 2. The van der Waals surface area contributed by atoms with Crippen molar-refractivity contribution in [1.82, 2.24) is 15.5 Å². The Morgan fingerprint density at radius 1 is 1.44 bits per heavy atom. The summed E-state index contributed by atoms with van der Waals surface area (Å²) in [6, 6.07) is 4.37. The van der Waals surface area contributed by atoms with Gasteiger partial charge >= 0.3 is 0 Å². The van der Waals surface area contributed by atoms with Crippen LogP contribution in [0.25, 0.3) is 0 Å². The maximum Gasteiger partial charge on any atom is 0.191 e. The van der Waals surface area contributed by atoms with Crippen molar-refractivity contribution in [2.24, 2.45) is 4.99 Å². The summed E-state index contributed by atoms with van der Waals surface area (Å²) in [6.45, 7) is 11.4. The molecule has 2 rings (SSSR count). The largest absolute Gasteiger partial charge is 0.469 e. The SMILES string of the molecule is C=C(C)CN1CCC(NC(=NCCOC)NCCc2ccco2)CC1. The maximum absolute atomic E-state index is 5.37. The Kier molecular flexibility index (Phi) is 8.55. The number of methoxy groups -OCH3 is 1. The summed E-state index contributed by atoms with van der Waals surface area (Å²) in [6.07, 6.45) is 4.79. The molecule has 1 aliphatic heterocycles. The van der Waals surface area contributed by atoms with Gasteiger partial charge in [-0.15, -0.1) is 0 Å². The molecule has 6 heteroatoms. The van der Waals surface area contributed by atoms with Crippen LogP contribution in [0.1, 0.15) is 25.5 Å². The summed E-state index contributed by atoms with van der Waals surface area (Å²) < 4.78 is 10.5. The number of aliphatic imine (C=N–C) groups is 1. The smallest absolute Gasteiger partial charge is 0.191 e. The fraction of sp³-hybridized carbons (Fsp3) is 0.632. The van der Waals surface area contributed by atoms with Gasteiger partial charge in [-0.1, -0.05) is 12.2 Å². The van der Waals surface area contributed by atoms with Crippen LogP contribution in [0.4, 0.5) is 0 Å². The highest BCUT2D eigenvalue weighted by atomic mass is 16.5. The molecule has 0 amide bonds. The van der Waals surface area contributed by atoms with Gasteiger partial charge in [-0.05, 0) is 31.9 Å². The number of piperidine rings is 1. The standard InChI is InChI=1S/C19H32N4O2/c1-16(2)15-23-11-7-17(8-12-23)22-19(21-10-14-24-3)20-9-6-18-5-4-13-25-18/h4-5,13,17H,1,6-12,14-15H2,2-3H3,(H2,20,21,22). The van der Waals surface area contributed by atoms with Gasteiger partial charge in [-0.2, -0.15) is 0 Å². The topological polar surface area (TPSA) is 62.0 Å². The van der Waals surface area contributed by atoms with Crippen LogP contribution in [0.3, 0.4) is 0 Å². The van der Waals surface area contributed by atoms with E-state index < -0.39 is 0 Å². The van der Waals surface area contributed by atoms with E-state index in [-0.39, 0.29) is 0 Å². The highest BCUT2D eigenvalue weighted by Crippen LogP contribution is 2.11. The summed E-state index contributed by atoms with van der Waals surface area (Å²) >= 11 is 0. The normalized spacial score (nSPS) is 16.8. The van der Waals surface area contributed by atoms with E-state index >= 15 is 0 Å². The Morgan fingerprint density at radius 2 is 2.24 bits per heavy atom. The predicted molar refractivity (Wildman–Crippen MR) is 102 cm³/mol. The lowest BCUT2D eigenvalue weighted by Crippen LogP contribution is -2.49. The molecule has 0 aromatic carbocycles. The number of ether oxygens (including phenoxy) is 1. The number of furan rings is 1. The van der Waals surface area contributed by atoms with Crippen LogP contribution in [0.2, 0.25) is 0 Å². The third-order valence-corrected chi connectivity index (χ3v) is 4.23. The number of nitrogens with one attached hydrogen (secondary N) is 2. The van der Waals surface area contributed by atoms with Crippen LogP contribution >= 0.6 is 0 Å². The molecular formula is C19H32N4O2. The second-order valence-electron chi connectivity index (χ2n) is 6.63. The Morgan fingerprint density at radius 3 is 2.88 bits per heavy atom. The van der Waals surface area contributed by atoms with E-state index in [1.165, 1.54) is 5.57 Å². The van der Waals surface area contributed by atoms with Crippen LogP contribution in [-0.2, 0) is 11.2 Å². The lowest BCUT2D eigenvalue weighted by atomic mass is 10.0. The Hall–Kier alpha value is -1.79. The van der Waals surface area contributed by atoms with Gasteiger partial charge < -0.3 is 19.8 Å². The summed E-state index contributed by atoms with van der Waals surface area (Å²) in [5.74, 6) is 1.85. The molecule has 1 aliphatic rings. The first-order chi connectivity index (χ1) is 12.2. The van der Waals surface area contributed by atoms with E-state index in [4.69, 9.17) is 9.15 Å². The van der Waals surface area contributed by atoms with Gasteiger partial charge in [-0.25, -0.2) is 0 Å². The van der Waals surface area contributed by atoms with Gasteiger partial charge in [0.25, 0.3) is 0 Å². The predicted octanol–water partition coefficient (Wildman–Crippen LogP) is 2.04. The minimum atomic E-state index is 0.457. The molecule has 2 N–H and O–H groups in total. The molecule has 1 saturated heterocycles. The van der Waals surface area contributed by atoms with E-state index in [0.717, 1.165) is 57.2 Å². The van der Waals surface area contributed by atoms with Crippen molar-refractivity contribution < 1.29 is 9.15 Å². The highest BCUT2D eigenvalue weighted by molar-refractivity contribution is 5.80. The third kappa shape index (κ3) is 7.75. The van der Waals surface area contributed by atoms with Crippen LogP contribution in [-0.4, -0.2) is 63.3 Å². The van der Waals surface area contributed by atoms with Crippen molar-refractivity contribution >= 4 is 5.96 Å². The van der Waals surface area contributed by atoms with Crippen molar-refractivity contribution in [3.05, 3.63) is 36.3 Å². The molecule has 0 saturated carbocycles. The fourth-order valence-electron chi connectivity index (χ4n) is 2.97. The van der Waals surface area contributed by atoms with E-state index in [0.29, 0.717) is 19.2 Å². The molecule has 6 nitrogen and oxygen atoms in total. The van der Waals surface area contributed by atoms with Crippen LogP contribution in [0, 0.1) is 0 Å². The average molecular weight is 348 g/mol. The lowest BCUT2D eigenvalue weighted by Gasteiger charge is -2.33. The molecule has 0 atom stereocenters. The summed E-state index contributed by atoms with van der Waals surface area (Å²) in [5, 5.41) is 6.98. The van der Waals surface area contributed by atoms with E-state index in [1.807, 2.05) is 12.1 Å². The minimum absolute atomic E-state index is 0.457. The fourth-order valence-corrected chi connectivity index (χ4v) is 2.97. The molecule has 0 spiro atoms. The molecule has 0 bridgehead atoms. The molecule has 25 heavy (non-hydrogen) atoms. The van der Waals surface area contributed by atoms with Crippen molar-refractivity contribution in [2.45, 2.75) is 32.2 Å².